The Hall–Kier alpha value is -3.91. The number of hydrogen-bond acceptors (Lipinski definition) is 6. The molecule has 226 valence electrons. The zero-order valence-electron chi connectivity index (χ0n) is 22.3. The number of piperidine rings is 1. The monoisotopic (exact) mass is 621 g/mol. The molecule has 0 saturated carbocycles. The number of thiazole rings is 1. The topological polar surface area (TPSA) is 83.3 Å². The molecule has 0 unspecified atom stereocenters. The van der Waals surface area contributed by atoms with E-state index in [9.17, 15) is 36.2 Å². The van der Waals surface area contributed by atoms with Crippen molar-refractivity contribution in [2.45, 2.75) is 49.2 Å². The molecular weight excluding hydrogens is 596 g/mol. The van der Waals surface area contributed by atoms with E-state index in [1.54, 1.807) is 41.3 Å². The number of alkyl halides is 6. The molecule has 0 aliphatic carbocycles. The normalized spacial score (nSPS) is 19.9. The second-order valence-electron chi connectivity index (χ2n) is 10.5. The first-order chi connectivity index (χ1) is 20.4. The molecule has 2 aliphatic heterocycles. The minimum Gasteiger partial charge on any atom is -0.382 e. The minimum absolute atomic E-state index is 0.100. The van der Waals surface area contributed by atoms with Crippen molar-refractivity contribution in [1.29, 1.82) is 0 Å². The molecule has 2 aromatic heterocycles. The number of amides is 1. The summed E-state index contributed by atoms with van der Waals surface area (Å²) in [5, 5.41) is 18.9. The summed E-state index contributed by atoms with van der Waals surface area (Å²) in [6.07, 6.45) is -11.3. The van der Waals surface area contributed by atoms with Crippen molar-refractivity contribution in [3.8, 4) is 0 Å². The zero-order valence-corrected chi connectivity index (χ0v) is 23.1. The van der Waals surface area contributed by atoms with Gasteiger partial charge in [-0.15, -0.1) is 11.3 Å². The number of hydrogen-bond donors (Lipinski definition) is 2. The third-order valence-electron chi connectivity index (χ3n) is 7.88. The van der Waals surface area contributed by atoms with Crippen LogP contribution in [-0.4, -0.2) is 51.1 Å². The number of nitrogens with one attached hydrogen (secondary N) is 1. The molecule has 1 saturated heterocycles. The fourth-order valence-corrected chi connectivity index (χ4v) is 6.74. The molecular formula is C29H25F6N5O2S. The van der Waals surface area contributed by atoms with E-state index in [4.69, 9.17) is 5.10 Å². The number of carbonyl (C=O) groups is 1. The molecule has 2 atom stereocenters. The smallest absolute Gasteiger partial charge is 0.382 e. The van der Waals surface area contributed by atoms with Crippen LogP contribution in [0.25, 0.3) is 0 Å². The Labute approximate surface area is 245 Å². The highest BCUT2D eigenvalue weighted by molar-refractivity contribution is 7.13. The highest BCUT2D eigenvalue weighted by Gasteiger charge is 2.55. The van der Waals surface area contributed by atoms with Gasteiger partial charge in [0, 0.05) is 30.0 Å². The van der Waals surface area contributed by atoms with E-state index in [2.05, 4.69) is 10.3 Å². The van der Waals surface area contributed by atoms with Crippen molar-refractivity contribution in [1.82, 2.24) is 14.8 Å². The molecule has 0 radical (unpaired) electrons. The fourth-order valence-electron chi connectivity index (χ4n) is 5.86. The van der Waals surface area contributed by atoms with Gasteiger partial charge in [0.1, 0.15) is 23.9 Å². The molecule has 4 heterocycles. The molecule has 1 amide bonds. The lowest BCUT2D eigenvalue weighted by Crippen LogP contribution is -2.45. The second kappa shape index (κ2) is 11.0. The van der Waals surface area contributed by atoms with E-state index in [1.807, 2.05) is 24.3 Å². The Kier molecular flexibility index (Phi) is 7.45. The predicted molar refractivity (Wildman–Crippen MR) is 147 cm³/mol. The molecule has 1 fully saturated rings. The fraction of sp³-hybridized carbons (Fsp3) is 0.345. The molecule has 4 aromatic rings. The van der Waals surface area contributed by atoms with Crippen LogP contribution in [0.4, 0.5) is 37.3 Å². The number of nitrogens with zero attached hydrogens (tertiary/aromatic N) is 4. The summed E-state index contributed by atoms with van der Waals surface area (Å²) in [5.41, 5.74) is 0.252. The summed E-state index contributed by atoms with van der Waals surface area (Å²) in [5.74, 6) is -4.34. The lowest BCUT2D eigenvalue weighted by Gasteiger charge is -2.34. The van der Waals surface area contributed by atoms with Crippen LogP contribution >= 0.6 is 11.3 Å². The lowest BCUT2D eigenvalue weighted by molar-refractivity contribution is -0.177. The van der Waals surface area contributed by atoms with Gasteiger partial charge in [0.15, 0.2) is 10.8 Å². The van der Waals surface area contributed by atoms with Gasteiger partial charge in [-0.05, 0) is 24.0 Å². The second-order valence-corrected chi connectivity index (χ2v) is 11.4. The van der Waals surface area contributed by atoms with Gasteiger partial charge in [0.25, 0.3) is 5.91 Å². The summed E-state index contributed by atoms with van der Waals surface area (Å²) in [7, 11) is 0. The number of aromatic nitrogens is 3. The van der Waals surface area contributed by atoms with Gasteiger partial charge in [0.2, 0.25) is 0 Å². The third-order valence-corrected chi connectivity index (χ3v) is 8.78. The van der Waals surface area contributed by atoms with Crippen LogP contribution in [0.5, 0.6) is 0 Å². The average molecular weight is 622 g/mol. The van der Waals surface area contributed by atoms with Crippen LogP contribution in [0.1, 0.15) is 58.8 Å². The maximum atomic E-state index is 14.5. The summed E-state index contributed by atoms with van der Waals surface area (Å²) in [4.78, 5) is 18.1. The molecule has 2 aliphatic rings. The van der Waals surface area contributed by atoms with Crippen molar-refractivity contribution in [3.63, 3.8) is 0 Å². The van der Waals surface area contributed by atoms with Gasteiger partial charge in [-0.1, -0.05) is 60.7 Å². The number of aliphatic hydroxyl groups is 1. The van der Waals surface area contributed by atoms with Crippen LogP contribution in [0.3, 0.4) is 0 Å². The van der Waals surface area contributed by atoms with Crippen LogP contribution in [0, 0.1) is 0 Å². The van der Waals surface area contributed by atoms with E-state index in [-0.39, 0.29) is 48.1 Å². The quantitative estimate of drug-likeness (QED) is 0.254. The zero-order chi connectivity index (χ0) is 30.5. The maximum Gasteiger partial charge on any atom is 0.434 e. The van der Waals surface area contributed by atoms with Gasteiger partial charge in [-0.2, -0.15) is 31.4 Å². The van der Waals surface area contributed by atoms with Gasteiger partial charge in [-0.3, -0.25) is 4.79 Å². The summed E-state index contributed by atoms with van der Waals surface area (Å²) in [6.45, 7) is 0.479. The Morgan fingerprint density at radius 1 is 0.930 bits per heavy atom. The van der Waals surface area contributed by atoms with E-state index in [1.165, 1.54) is 4.68 Å². The van der Waals surface area contributed by atoms with Crippen LogP contribution in [0.15, 0.2) is 66.0 Å². The molecule has 43 heavy (non-hydrogen) atoms. The van der Waals surface area contributed by atoms with E-state index in [0.717, 1.165) is 16.7 Å². The van der Waals surface area contributed by atoms with E-state index < -0.39 is 47.9 Å². The van der Waals surface area contributed by atoms with Crippen molar-refractivity contribution < 1.29 is 36.2 Å². The number of rotatable bonds is 5. The number of fused-ring (bicyclic) bond motifs is 1. The van der Waals surface area contributed by atoms with Crippen LogP contribution < -0.4 is 10.2 Å². The van der Waals surface area contributed by atoms with Crippen LogP contribution in [0.2, 0.25) is 0 Å². The Morgan fingerprint density at radius 2 is 1.51 bits per heavy atom. The number of aliphatic hydroxyl groups excluding tert-OH is 1. The number of anilines is 2. The molecule has 2 N–H and O–H groups in total. The number of carbonyl (C=O) groups excluding carboxylic acids is 1. The largest absolute Gasteiger partial charge is 0.434 e. The average Bonchev–Trinajstić information content (AvgIpc) is 3.61. The molecule has 7 nitrogen and oxygen atoms in total. The molecule has 0 spiro atoms. The van der Waals surface area contributed by atoms with Gasteiger partial charge in [-0.25, -0.2) is 9.67 Å². The SMILES string of the molecule is O=C1Nc2c(c(C3CCN(c4nc(C(F)(F)F)cs4)CC3)nn2C(c2ccccc2)c2ccccc2)[C@@H](C(F)(F)F)[C@H]1O. The van der Waals surface area contributed by atoms with Gasteiger partial charge in [0.05, 0.1) is 5.69 Å². The third kappa shape index (κ3) is 5.49. The number of halogens is 6. The summed E-state index contributed by atoms with van der Waals surface area (Å²) in [6, 6.07) is 17.3. The van der Waals surface area contributed by atoms with Crippen molar-refractivity contribution in [2.24, 2.45) is 0 Å². The molecule has 6 rings (SSSR count). The van der Waals surface area contributed by atoms with E-state index in [0.29, 0.717) is 11.1 Å². The molecule has 2 aromatic carbocycles. The van der Waals surface area contributed by atoms with Gasteiger partial charge >= 0.3 is 12.4 Å². The molecule has 14 heteroatoms. The Balaban J connectivity index is 1.44. The number of benzene rings is 2. The first-order valence-electron chi connectivity index (χ1n) is 13.5. The minimum atomic E-state index is -4.96. The van der Waals surface area contributed by atoms with Crippen molar-refractivity contribution >= 4 is 28.2 Å². The van der Waals surface area contributed by atoms with Crippen molar-refractivity contribution in [3.05, 3.63) is 94.1 Å². The van der Waals surface area contributed by atoms with E-state index >= 15 is 0 Å². The first kappa shape index (κ1) is 29.2. The Morgan fingerprint density at radius 3 is 2.02 bits per heavy atom. The maximum absolute atomic E-state index is 14.5. The summed E-state index contributed by atoms with van der Waals surface area (Å²) < 4.78 is 84.3. The first-order valence-corrected chi connectivity index (χ1v) is 14.4. The summed E-state index contributed by atoms with van der Waals surface area (Å²) >= 11 is 0.856. The highest BCUT2D eigenvalue weighted by atomic mass is 32.1. The Bertz CT molecular complexity index is 1560. The highest BCUT2D eigenvalue weighted by Crippen LogP contribution is 2.49. The van der Waals surface area contributed by atoms with Crippen LogP contribution in [-0.2, 0) is 11.0 Å². The van der Waals surface area contributed by atoms with Gasteiger partial charge < -0.3 is 15.3 Å². The molecule has 0 bridgehead atoms. The lowest BCUT2D eigenvalue weighted by atomic mass is 9.83. The standard InChI is InChI=1S/C29H25F6N5O2S/c30-28(31,32)19-15-43-27(36-19)39-13-11-16(12-14-39)22-20-21(29(33,34)35)24(41)26(42)37-25(20)40(38-22)23(17-7-3-1-4-8-17)18-9-5-2-6-10-18/h1-10,15-16,21,23-24,41H,11-14H2,(H,37,42)/t21-,24-/m1/s1. The van der Waals surface area contributed by atoms with Crippen molar-refractivity contribution in [2.75, 3.05) is 23.3 Å². The predicted octanol–water partition coefficient (Wildman–Crippen LogP) is 6.34.